The third kappa shape index (κ3) is 2.75. The topological polar surface area (TPSA) is 53.7 Å². The predicted octanol–water partition coefficient (Wildman–Crippen LogP) is 2.83. The van der Waals surface area contributed by atoms with Crippen LogP contribution in [0.4, 0.5) is 5.82 Å². The Balaban J connectivity index is 1.37. The number of hydrogen-bond acceptors (Lipinski definition) is 4. The van der Waals surface area contributed by atoms with Crippen LogP contribution in [0.2, 0.25) is 0 Å². The van der Waals surface area contributed by atoms with Crippen LogP contribution in [0, 0.1) is 5.92 Å². The highest BCUT2D eigenvalue weighted by atomic mass is 16.2. The Kier molecular flexibility index (Phi) is 3.87. The van der Waals surface area contributed by atoms with Gasteiger partial charge in [0.15, 0.2) is 5.82 Å². The predicted molar refractivity (Wildman–Crippen MR) is 100 cm³/mol. The van der Waals surface area contributed by atoms with Crippen molar-refractivity contribution in [1.82, 2.24) is 19.5 Å². The van der Waals surface area contributed by atoms with E-state index in [1.165, 1.54) is 25.0 Å². The molecule has 2 aromatic rings. The third-order valence-corrected chi connectivity index (χ3v) is 6.43. The van der Waals surface area contributed by atoms with Gasteiger partial charge in [-0.25, -0.2) is 9.50 Å². The Labute approximate surface area is 154 Å². The molecule has 1 amide bonds. The first-order valence-corrected chi connectivity index (χ1v) is 10.1. The van der Waals surface area contributed by atoms with E-state index in [-0.39, 0.29) is 12.0 Å². The number of carbonyl (C=O) groups excluding carboxylic acids is 1. The lowest BCUT2D eigenvalue weighted by Gasteiger charge is -2.40. The monoisotopic (exact) mass is 353 g/mol. The number of anilines is 1. The largest absolute Gasteiger partial charge is 0.353 e. The zero-order chi connectivity index (χ0) is 17.7. The fraction of sp³-hybridized carbons (Fsp3) is 0.650. The molecule has 1 unspecified atom stereocenters. The molecule has 2 aliphatic carbocycles. The second-order valence-corrected chi connectivity index (χ2v) is 8.24. The van der Waals surface area contributed by atoms with Crippen molar-refractivity contribution in [3.05, 3.63) is 24.2 Å². The highest BCUT2D eigenvalue weighted by Gasteiger charge is 2.34. The van der Waals surface area contributed by atoms with Crippen molar-refractivity contribution in [2.75, 3.05) is 25.0 Å². The molecule has 1 aliphatic heterocycles. The number of likely N-dealkylation sites (N-methyl/N-ethyl adjacent to an activating group) is 1. The van der Waals surface area contributed by atoms with Gasteiger partial charge >= 0.3 is 0 Å². The number of fused-ring (bicyclic) bond motifs is 1. The summed E-state index contributed by atoms with van der Waals surface area (Å²) in [6.07, 6.45) is 11.8. The van der Waals surface area contributed by atoms with Crippen LogP contribution >= 0.6 is 0 Å². The molecule has 0 radical (unpaired) electrons. The fourth-order valence-electron chi connectivity index (χ4n) is 4.34. The fourth-order valence-corrected chi connectivity index (χ4v) is 4.34. The summed E-state index contributed by atoms with van der Waals surface area (Å²) in [5, 5.41) is 4.74. The average molecular weight is 353 g/mol. The molecule has 6 heteroatoms. The second-order valence-electron chi connectivity index (χ2n) is 8.24. The van der Waals surface area contributed by atoms with Crippen molar-refractivity contribution in [2.45, 2.75) is 56.9 Å². The summed E-state index contributed by atoms with van der Waals surface area (Å²) in [4.78, 5) is 21.7. The number of rotatable bonds is 4. The van der Waals surface area contributed by atoms with Crippen LogP contribution in [0.25, 0.3) is 5.52 Å². The van der Waals surface area contributed by atoms with Gasteiger partial charge in [-0.1, -0.05) is 6.42 Å². The summed E-state index contributed by atoms with van der Waals surface area (Å²) in [5.74, 6) is 2.27. The Morgan fingerprint density at radius 3 is 2.77 bits per heavy atom. The molecule has 26 heavy (non-hydrogen) atoms. The van der Waals surface area contributed by atoms with Gasteiger partial charge in [-0.3, -0.25) is 4.79 Å². The zero-order valence-corrected chi connectivity index (χ0v) is 15.5. The van der Waals surface area contributed by atoms with Gasteiger partial charge in [0.05, 0.1) is 5.69 Å². The van der Waals surface area contributed by atoms with E-state index in [1.807, 2.05) is 28.9 Å². The molecule has 3 aliphatic rings. The normalized spacial score (nSPS) is 23.9. The molecule has 1 atom stereocenters. The first-order chi connectivity index (χ1) is 12.7. The molecular weight excluding hydrogens is 326 g/mol. The quantitative estimate of drug-likeness (QED) is 0.848. The second kappa shape index (κ2) is 6.25. The number of amides is 1. The Morgan fingerprint density at radius 1 is 1.19 bits per heavy atom. The zero-order valence-electron chi connectivity index (χ0n) is 15.5. The minimum Gasteiger partial charge on any atom is -0.353 e. The first kappa shape index (κ1) is 16.1. The summed E-state index contributed by atoms with van der Waals surface area (Å²) in [6.45, 7) is 1.87. The van der Waals surface area contributed by atoms with Crippen molar-refractivity contribution in [2.24, 2.45) is 5.92 Å². The van der Waals surface area contributed by atoms with Gasteiger partial charge < -0.3 is 9.80 Å². The molecule has 2 aromatic heterocycles. The number of aromatic nitrogens is 3. The van der Waals surface area contributed by atoms with Crippen LogP contribution < -0.4 is 4.90 Å². The van der Waals surface area contributed by atoms with E-state index in [0.29, 0.717) is 11.8 Å². The van der Waals surface area contributed by atoms with Crippen LogP contribution in [-0.2, 0) is 4.79 Å². The highest BCUT2D eigenvalue weighted by molar-refractivity contribution is 5.80. The van der Waals surface area contributed by atoms with Gasteiger partial charge in [-0.2, -0.15) is 5.10 Å². The van der Waals surface area contributed by atoms with Gasteiger partial charge in [0, 0.05) is 50.4 Å². The maximum absolute atomic E-state index is 12.6. The van der Waals surface area contributed by atoms with Crippen molar-refractivity contribution in [1.29, 1.82) is 0 Å². The number of carbonyl (C=O) groups is 1. The van der Waals surface area contributed by atoms with E-state index < -0.39 is 0 Å². The van der Waals surface area contributed by atoms with E-state index >= 15 is 0 Å². The minimum absolute atomic E-state index is 0.271. The van der Waals surface area contributed by atoms with E-state index in [9.17, 15) is 4.79 Å². The van der Waals surface area contributed by atoms with Gasteiger partial charge in [-0.05, 0) is 44.6 Å². The van der Waals surface area contributed by atoms with Crippen LogP contribution in [-0.4, -0.2) is 51.6 Å². The van der Waals surface area contributed by atoms with Gasteiger partial charge in [-0.15, -0.1) is 0 Å². The van der Waals surface area contributed by atoms with Crippen molar-refractivity contribution < 1.29 is 4.79 Å². The Morgan fingerprint density at radius 2 is 2.04 bits per heavy atom. The van der Waals surface area contributed by atoms with Crippen LogP contribution in [0.15, 0.2) is 18.5 Å². The molecule has 3 heterocycles. The summed E-state index contributed by atoms with van der Waals surface area (Å²) in [6, 6.07) is 2.50. The maximum Gasteiger partial charge on any atom is 0.225 e. The van der Waals surface area contributed by atoms with Crippen LogP contribution in [0.1, 0.15) is 56.6 Å². The van der Waals surface area contributed by atoms with Gasteiger partial charge in [0.2, 0.25) is 5.91 Å². The minimum atomic E-state index is 0.271. The van der Waals surface area contributed by atoms with Gasteiger partial charge in [0.25, 0.3) is 0 Å². The maximum atomic E-state index is 12.6. The lowest BCUT2D eigenvalue weighted by atomic mass is 9.84. The molecule has 3 fully saturated rings. The lowest BCUT2D eigenvalue weighted by molar-refractivity contribution is -0.139. The summed E-state index contributed by atoms with van der Waals surface area (Å²) in [7, 11) is 1.99. The molecule has 2 saturated carbocycles. The molecule has 5 rings (SSSR count). The standard InChI is InChI=1S/C20H27N5O/c1-23(20(26)15-4-2-5-15)16-6-3-10-24(13-16)19-18-12-17(14-7-8-14)22-25(18)11-9-21-19/h9,11-12,14-16H,2-8,10,13H2,1H3. The van der Waals surface area contributed by atoms with E-state index in [0.717, 1.165) is 50.1 Å². The Bertz CT molecular complexity index is 823. The molecule has 0 spiro atoms. The number of hydrogen-bond donors (Lipinski definition) is 0. The third-order valence-electron chi connectivity index (χ3n) is 6.43. The summed E-state index contributed by atoms with van der Waals surface area (Å²) in [5.41, 5.74) is 2.30. The smallest absolute Gasteiger partial charge is 0.225 e. The van der Waals surface area contributed by atoms with E-state index in [4.69, 9.17) is 5.10 Å². The van der Waals surface area contributed by atoms with Crippen molar-refractivity contribution in [3.63, 3.8) is 0 Å². The van der Waals surface area contributed by atoms with E-state index in [1.54, 1.807) is 0 Å². The van der Waals surface area contributed by atoms with E-state index in [2.05, 4.69) is 16.0 Å². The summed E-state index contributed by atoms with van der Waals surface area (Å²) >= 11 is 0. The molecule has 6 nitrogen and oxygen atoms in total. The molecule has 0 bridgehead atoms. The van der Waals surface area contributed by atoms with Crippen LogP contribution in [0.5, 0.6) is 0 Å². The van der Waals surface area contributed by atoms with Crippen molar-refractivity contribution in [3.8, 4) is 0 Å². The number of nitrogens with zero attached hydrogens (tertiary/aromatic N) is 5. The van der Waals surface area contributed by atoms with Gasteiger partial charge in [0.1, 0.15) is 5.52 Å². The average Bonchev–Trinajstić information content (AvgIpc) is 3.38. The molecular formula is C20H27N5O. The molecule has 0 aromatic carbocycles. The molecule has 0 N–H and O–H groups in total. The number of piperidine rings is 1. The van der Waals surface area contributed by atoms with Crippen molar-refractivity contribution >= 4 is 17.2 Å². The van der Waals surface area contributed by atoms with Crippen LogP contribution in [0.3, 0.4) is 0 Å². The molecule has 1 saturated heterocycles. The highest BCUT2D eigenvalue weighted by Crippen LogP contribution is 2.40. The Hall–Kier alpha value is -2.11. The lowest BCUT2D eigenvalue weighted by Crippen LogP contribution is -2.51. The first-order valence-electron chi connectivity index (χ1n) is 10.1. The molecule has 138 valence electrons. The summed E-state index contributed by atoms with van der Waals surface area (Å²) < 4.78 is 1.98. The SMILES string of the molecule is CN(C(=O)C1CCC1)C1CCCN(c2nccn3nc(C4CC4)cc23)C1.